The van der Waals surface area contributed by atoms with Gasteiger partial charge in [0, 0.05) is 30.0 Å². The van der Waals surface area contributed by atoms with Crippen LogP contribution in [0.15, 0.2) is 76.5 Å². The maximum atomic E-state index is 14.7. The number of phenolic OH excluding ortho intramolecular Hbond substituents is 1. The number of para-hydroxylation sites is 1. The Kier molecular flexibility index (Phi) is 14.2. The summed E-state index contributed by atoms with van der Waals surface area (Å²) in [6.45, 7) is 4.74. The number of rotatable bonds is 17. The highest BCUT2D eigenvalue weighted by Gasteiger charge is 2.50. The van der Waals surface area contributed by atoms with E-state index in [1.807, 2.05) is 56.5 Å². The predicted octanol–water partition coefficient (Wildman–Crippen LogP) is 6.76. The van der Waals surface area contributed by atoms with Crippen LogP contribution in [-0.4, -0.2) is 65.1 Å². The molecule has 0 saturated carbocycles. The van der Waals surface area contributed by atoms with Gasteiger partial charge in [0.05, 0.1) is 10.6 Å². The van der Waals surface area contributed by atoms with Gasteiger partial charge in [0.25, 0.3) is 5.91 Å². The van der Waals surface area contributed by atoms with E-state index in [0.29, 0.717) is 57.1 Å². The molecule has 51 heavy (non-hydrogen) atoms. The molecule has 1 unspecified atom stereocenters. The highest BCUT2D eigenvalue weighted by Crippen LogP contribution is 2.51. The minimum atomic E-state index is -3.37. The summed E-state index contributed by atoms with van der Waals surface area (Å²) < 4.78 is 17.8. The van der Waals surface area contributed by atoms with Gasteiger partial charge in [-0.25, -0.2) is 0 Å². The number of carbonyl (C=O) groups is 4. The first kappa shape index (κ1) is 40.0. The van der Waals surface area contributed by atoms with Gasteiger partial charge in [-0.1, -0.05) is 69.9 Å². The number of ether oxygens (including phenoxy) is 1. The summed E-state index contributed by atoms with van der Waals surface area (Å²) in [5, 5.41) is 14.9. The number of nitrogens with zero attached hydrogens (tertiary/aromatic N) is 1. The summed E-state index contributed by atoms with van der Waals surface area (Å²) in [6.07, 6.45) is 5.79. The van der Waals surface area contributed by atoms with Gasteiger partial charge >= 0.3 is 0 Å². The van der Waals surface area contributed by atoms with Gasteiger partial charge in [-0.15, -0.1) is 23.5 Å². The van der Waals surface area contributed by atoms with Crippen molar-refractivity contribution in [2.45, 2.75) is 68.2 Å². The van der Waals surface area contributed by atoms with Crippen molar-refractivity contribution in [3.8, 4) is 11.5 Å². The average molecular weight is 757 g/mol. The third kappa shape index (κ3) is 10.2. The zero-order chi connectivity index (χ0) is 37.2. The molecule has 4 rings (SSSR count). The lowest BCUT2D eigenvalue weighted by molar-refractivity contribution is -0.136. The third-order valence-corrected chi connectivity index (χ3v) is 11.7. The zero-order valence-electron chi connectivity index (χ0n) is 29.4. The molecule has 1 aliphatic heterocycles. The van der Waals surface area contributed by atoms with Crippen molar-refractivity contribution in [2.75, 3.05) is 37.1 Å². The zero-order valence-corrected chi connectivity index (χ0v) is 32.0. The van der Waals surface area contributed by atoms with Crippen molar-refractivity contribution in [1.82, 2.24) is 10.6 Å². The molecular formula is C37H47N3O8PS2. The number of thiol groups is 1. The van der Waals surface area contributed by atoms with Gasteiger partial charge in [0.15, 0.2) is 19.1 Å². The molecule has 2 atom stereocenters. The van der Waals surface area contributed by atoms with Gasteiger partial charge in [0.2, 0.25) is 11.8 Å². The van der Waals surface area contributed by atoms with E-state index in [9.17, 15) is 33.7 Å². The number of phenols is 1. The highest BCUT2D eigenvalue weighted by molar-refractivity contribution is 8.14. The molecule has 4 N–H and O–H groups in total. The average Bonchev–Trinajstić information content (AvgIpc) is 3.18. The van der Waals surface area contributed by atoms with Crippen molar-refractivity contribution in [3.05, 3.63) is 72.3 Å². The number of unbranched alkanes of at least 4 members (excludes halogenated alkanes) is 2. The number of nitrogens with one attached hydrogen (secondary N) is 2. The van der Waals surface area contributed by atoms with Crippen LogP contribution in [0.25, 0.3) is 0 Å². The second-order valence-electron chi connectivity index (χ2n) is 12.6. The molecule has 11 nitrogen and oxygen atoms in total. The first-order chi connectivity index (χ1) is 24.3. The Balaban J connectivity index is 1.65. The maximum Gasteiger partial charge on any atom is 0.258 e. The van der Waals surface area contributed by atoms with Crippen LogP contribution in [0.1, 0.15) is 64.0 Å². The lowest BCUT2D eigenvalue weighted by atomic mass is 9.77. The van der Waals surface area contributed by atoms with Gasteiger partial charge in [-0.3, -0.25) is 28.6 Å². The molecule has 0 aliphatic carbocycles. The molecule has 0 spiro atoms. The Morgan fingerprint density at radius 2 is 1.67 bits per heavy atom. The van der Waals surface area contributed by atoms with Gasteiger partial charge in [0.1, 0.15) is 23.0 Å². The molecule has 3 aromatic rings. The maximum absolute atomic E-state index is 14.7. The van der Waals surface area contributed by atoms with Gasteiger partial charge in [-0.05, 0) is 61.1 Å². The minimum Gasteiger partial charge on any atom is -0.508 e. The lowest BCUT2D eigenvalue weighted by Gasteiger charge is -2.34. The van der Waals surface area contributed by atoms with E-state index in [-0.39, 0.29) is 29.5 Å². The first-order valence-corrected chi connectivity index (χ1v) is 21.4. The number of anilines is 2. The number of thioether (sulfide) groups is 1. The summed E-state index contributed by atoms with van der Waals surface area (Å²) in [7, 11) is -3.37. The molecular weight excluding hydrogens is 710 g/mol. The van der Waals surface area contributed by atoms with Crippen LogP contribution in [-0.2, 0) is 23.7 Å². The smallest absolute Gasteiger partial charge is 0.258 e. The molecule has 3 aromatic carbocycles. The number of hydrogen-bond donors (Lipinski definition) is 5. The van der Waals surface area contributed by atoms with Crippen LogP contribution in [0.3, 0.4) is 0 Å². The van der Waals surface area contributed by atoms with Crippen LogP contribution < -0.4 is 20.3 Å². The van der Waals surface area contributed by atoms with Crippen molar-refractivity contribution in [1.29, 1.82) is 0 Å². The second kappa shape index (κ2) is 18.1. The summed E-state index contributed by atoms with van der Waals surface area (Å²) in [5.41, 5.74) is 0.443. The lowest BCUT2D eigenvalue weighted by Crippen LogP contribution is -2.45. The molecule has 0 aromatic heterocycles. The second-order valence-corrected chi connectivity index (χ2v) is 17.1. The first-order valence-electron chi connectivity index (χ1n) is 17.0. The molecule has 14 heteroatoms. The highest BCUT2D eigenvalue weighted by atomic mass is 32.2. The van der Waals surface area contributed by atoms with Gasteiger partial charge in [-0.2, -0.15) is 0 Å². The van der Waals surface area contributed by atoms with E-state index in [2.05, 4.69) is 10.6 Å². The van der Waals surface area contributed by atoms with E-state index < -0.39 is 37.2 Å². The molecule has 1 aliphatic rings. The number of benzene rings is 3. The fourth-order valence-electron chi connectivity index (χ4n) is 5.86. The SMILES string of the molecule is CCCCC1(CCCC)C(=O)[SH]c2cc(OCC(=O)N[C@@H](C(=O)NCCP(C)(=O)O)c3ccc(O)cc3)c(SC)cc2N(c2ccccc2)C1=O. The summed E-state index contributed by atoms with van der Waals surface area (Å²) >= 11 is 1.73. The minimum absolute atomic E-state index is 0.0224. The van der Waals surface area contributed by atoms with Crippen molar-refractivity contribution in [2.24, 2.45) is 5.41 Å². The number of hydrogen-bond acceptors (Lipinski definition) is 8. The summed E-state index contributed by atoms with van der Waals surface area (Å²) in [4.78, 5) is 67.9. The van der Waals surface area contributed by atoms with Crippen LogP contribution in [0, 0.1) is 5.41 Å². The molecule has 1 heterocycles. The number of carbonyl (C=O) groups excluding carboxylic acids is 4. The van der Waals surface area contributed by atoms with Crippen LogP contribution in [0.5, 0.6) is 11.5 Å². The number of fused-ring (bicyclic) bond motifs is 1. The molecule has 0 fully saturated rings. The van der Waals surface area contributed by atoms with Crippen molar-refractivity contribution < 1.29 is 38.5 Å². The fourth-order valence-corrected chi connectivity index (χ4v) is 8.14. The Bertz CT molecular complexity index is 1740. The van der Waals surface area contributed by atoms with E-state index in [4.69, 9.17) is 4.74 Å². The van der Waals surface area contributed by atoms with E-state index in [1.165, 1.54) is 42.7 Å². The van der Waals surface area contributed by atoms with Crippen LogP contribution in [0.4, 0.5) is 11.4 Å². The Morgan fingerprint density at radius 3 is 2.25 bits per heavy atom. The molecule has 1 radical (unpaired) electrons. The summed E-state index contributed by atoms with van der Waals surface area (Å²) in [5.74, 6) is -1.13. The predicted molar refractivity (Wildman–Crippen MR) is 204 cm³/mol. The number of amides is 3. The fraction of sp³-hybridized carbons (Fsp3) is 0.405. The quantitative estimate of drug-likeness (QED) is 0.0434. The molecule has 0 bridgehead atoms. The monoisotopic (exact) mass is 756 g/mol. The van der Waals surface area contributed by atoms with Crippen LogP contribution >= 0.6 is 30.9 Å². The standard InChI is InChI=1S/C37H47N3O8PS2/c1-5-7-18-37(19-8-6-2)35(44)40(26-12-10-9-11-13-26)28-22-31(50-4)29(23-30(28)51-36(37)45)48-24-32(42)39-33(25-14-16-27(41)17-15-25)34(43)38-20-21-49(3,46)47/h9-17,22-23,33,41,51H,5-8,18-21,24H2,1-4H3,(H,38,43)(H,39,42)(H,46,47)/t33-/m1/s1. The van der Waals surface area contributed by atoms with Crippen molar-refractivity contribution >= 4 is 65.1 Å². The normalized spacial score (nSPS) is 15.7. The van der Waals surface area contributed by atoms with Crippen LogP contribution in [0.2, 0.25) is 0 Å². The van der Waals surface area contributed by atoms with Gasteiger partial charge < -0.3 is 25.4 Å². The Labute approximate surface area is 307 Å². The van der Waals surface area contributed by atoms with E-state index in [0.717, 1.165) is 25.7 Å². The largest absolute Gasteiger partial charge is 0.508 e. The Hall–Kier alpha value is -3.77. The Morgan fingerprint density at radius 1 is 1.02 bits per heavy atom. The van der Waals surface area contributed by atoms with E-state index in [1.54, 1.807) is 11.0 Å². The molecule has 275 valence electrons. The molecule has 0 saturated heterocycles. The third-order valence-electron chi connectivity index (χ3n) is 8.65. The number of aromatic hydroxyl groups is 1. The van der Waals surface area contributed by atoms with Crippen molar-refractivity contribution in [3.63, 3.8) is 0 Å². The topological polar surface area (TPSA) is 162 Å². The van der Waals surface area contributed by atoms with E-state index >= 15 is 0 Å². The molecule has 3 amide bonds. The summed E-state index contributed by atoms with van der Waals surface area (Å²) in [6, 6.07) is 17.4.